The predicted molar refractivity (Wildman–Crippen MR) is 62.7 cm³/mol. The molecule has 2 rings (SSSR count). The number of hydrogen-bond acceptors (Lipinski definition) is 4. The number of carboxylic acids is 1. The highest BCUT2D eigenvalue weighted by Gasteiger charge is 2.11. The molecule has 0 unspecified atom stereocenters. The molecule has 92 valence electrons. The molecule has 18 heavy (non-hydrogen) atoms. The minimum Gasteiger partial charge on any atom is -0.476 e. The van der Waals surface area contributed by atoms with Crippen molar-refractivity contribution in [1.82, 2.24) is 10.2 Å². The summed E-state index contributed by atoms with van der Waals surface area (Å²) in [6.07, 6.45) is 1.40. The van der Waals surface area contributed by atoms with Gasteiger partial charge in [-0.3, -0.25) is 0 Å². The number of aromatic nitrogens is 2. The topological polar surface area (TPSA) is 75.1 Å². The molecule has 1 aromatic heterocycles. The van der Waals surface area contributed by atoms with Crippen molar-refractivity contribution in [3.8, 4) is 0 Å². The van der Waals surface area contributed by atoms with Crippen molar-refractivity contribution in [2.75, 3.05) is 5.32 Å². The van der Waals surface area contributed by atoms with Crippen molar-refractivity contribution in [3.63, 3.8) is 0 Å². The molecule has 0 radical (unpaired) electrons. The van der Waals surface area contributed by atoms with Crippen LogP contribution in [-0.4, -0.2) is 21.3 Å². The predicted octanol–water partition coefficient (Wildman–Crippen LogP) is 1.93. The summed E-state index contributed by atoms with van der Waals surface area (Å²) in [5.74, 6) is -1.46. The van der Waals surface area contributed by atoms with Crippen LogP contribution in [0.15, 0.2) is 36.5 Å². The van der Waals surface area contributed by atoms with Gasteiger partial charge in [-0.05, 0) is 23.8 Å². The first kappa shape index (κ1) is 12.0. The average Bonchev–Trinajstić information content (AvgIpc) is 2.38. The van der Waals surface area contributed by atoms with Gasteiger partial charge in [0.1, 0.15) is 5.82 Å². The number of benzene rings is 1. The Morgan fingerprint density at radius 1 is 1.28 bits per heavy atom. The summed E-state index contributed by atoms with van der Waals surface area (Å²) >= 11 is 0. The van der Waals surface area contributed by atoms with Gasteiger partial charge in [0.05, 0.1) is 11.9 Å². The Balaban J connectivity index is 2.10. The van der Waals surface area contributed by atoms with Crippen LogP contribution in [0.4, 0.5) is 10.1 Å². The minimum absolute atomic E-state index is 0.139. The fraction of sp³-hybridized carbons (Fsp3) is 0.0833. The molecule has 0 bridgehead atoms. The normalized spacial score (nSPS) is 10.1. The lowest BCUT2D eigenvalue weighted by molar-refractivity contribution is 0.0690. The molecular formula is C12H10FN3O2. The third-order valence-electron chi connectivity index (χ3n) is 2.32. The van der Waals surface area contributed by atoms with Crippen LogP contribution in [0.3, 0.4) is 0 Å². The number of rotatable bonds is 4. The molecule has 0 spiro atoms. The van der Waals surface area contributed by atoms with Gasteiger partial charge in [0.25, 0.3) is 0 Å². The quantitative estimate of drug-likeness (QED) is 0.863. The fourth-order valence-electron chi connectivity index (χ4n) is 1.43. The Kier molecular flexibility index (Phi) is 3.47. The number of carbonyl (C=O) groups is 1. The lowest BCUT2D eigenvalue weighted by atomic mass is 10.2. The zero-order valence-corrected chi connectivity index (χ0v) is 9.30. The van der Waals surface area contributed by atoms with Crippen molar-refractivity contribution in [1.29, 1.82) is 0 Å². The molecule has 0 aliphatic carbocycles. The van der Waals surface area contributed by atoms with Gasteiger partial charge >= 0.3 is 5.97 Å². The number of nitrogens with zero attached hydrogens (tertiary/aromatic N) is 2. The average molecular weight is 247 g/mol. The molecule has 0 saturated carbocycles. The first-order chi connectivity index (χ1) is 8.66. The van der Waals surface area contributed by atoms with Gasteiger partial charge in [0.2, 0.25) is 0 Å². The van der Waals surface area contributed by atoms with E-state index in [0.29, 0.717) is 12.2 Å². The molecule has 1 aromatic carbocycles. The van der Waals surface area contributed by atoms with Crippen LogP contribution in [0.1, 0.15) is 16.1 Å². The third-order valence-corrected chi connectivity index (χ3v) is 2.32. The monoisotopic (exact) mass is 247 g/mol. The fourth-order valence-corrected chi connectivity index (χ4v) is 1.43. The summed E-state index contributed by atoms with van der Waals surface area (Å²) in [6, 6.07) is 7.47. The number of nitrogens with one attached hydrogen (secondary N) is 1. The highest BCUT2D eigenvalue weighted by atomic mass is 19.1. The van der Waals surface area contributed by atoms with Gasteiger partial charge in [0, 0.05) is 6.54 Å². The van der Waals surface area contributed by atoms with Crippen LogP contribution in [-0.2, 0) is 6.54 Å². The zero-order valence-electron chi connectivity index (χ0n) is 9.30. The highest BCUT2D eigenvalue weighted by Crippen LogP contribution is 2.13. The lowest BCUT2D eigenvalue weighted by Gasteiger charge is -2.07. The summed E-state index contributed by atoms with van der Waals surface area (Å²) in [5, 5.41) is 18.9. The van der Waals surface area contributed by atoms with Crippen molar-refractivity contribution in [2.24, 2.45) is 0 Å². The van der Waals surface area contributed by atoms with Crippen molar-refractivity contribution < 1.29 is 14.3 Å². The van der Waals surface area contributed by atoms with Gasteiger partial charge in [-0.2, -0.15) is 5.10 Å². The number of hydrogen-bond donors (Lipinski definition) is 2. The molecule has 6 heteroatoms. The first-order valence-corrected chi connectivity index (χ1v) is 5.20. The Labute approximate surface area is 102 Å². The lowest BCUT2D eigenvalue weighted by Crippen LogP contribution is -2.09. The third kappa shape index (κ3) is 2.79. The van der Waals surface area contributed by atoms with E-state index in [1.807, 2.05) is 0 Å². The summed E-state index contributed by atoms with van der Waals surface area (Å²) in [7, 11) is 0. The van der Waals surface area contributed by atoms with E-state index in [4.69, 9.17) is 5.11 Å². The van der Waals surface area contributed by atoms with Gasteiger partial charge in [-0.15, -0.1) is 5.10 Å². The van der Waals surface area contributed by atoms with Crippen molar-refractivity contribution in [2.45, 2.75) is 6.54 Å². The largest absolute Gasteiger partial charge is 0.476 e. The minimum atomic E-state index is -1.15. The standard InChI is InChI=1S/C12H10FN3O2/c13-9-3-1-8(2-4-9)7-14-10-5-6-15-16-11(10)12(17)18/h1-6H,7H2,(H,14,15)(H,17,18). The Bertz CT molecular complexity index is 558. The molecule has 2 aromatic rings. The Morgan fingerprint density at radius 2 is 2.00 bits per heavy atom. The molecule has 0 saturated heterocycles. The summed E-state index contributed by atoms with van der Waals surface area (Å²) in [6.45, 7) is 0.381. The summed E-state index contributed by atoms with van der Waals surface area (Å²) in [4.78, 5) is 10.9. The summed E-state index contributed by atoms with van der Waals surface area (Å²) < 4.78 is 12.7. The molecule has 0 atom stereocenters. The van der Waals surface area contributed by atoms with E-state index in [-0.39, 0.29) is 11.5 Å². The maximum atomic E-state index is 12.7. The smallest absolute Gasteiger partial charge is 0.358 e. The van der Waals surface area contributed by atoms with Crippen LogP contribution in [0, 0.1) is 5.82 Å². The van der Waals surface area contributed by atoms with Crippen LogP contribution in [0.25, 0.3) is 0 Å². The summed E-state index contributed by atoms with van der Waals surface area (Å²) in [5.41, 5.74) is 1.07. The van der Waals surface area contributed by atoms with Crippen LogP contribution in [0.2, 0.25) is 0 Å². The zero-order chi connectivity index (χ0) is 13.0. The molecule has 2 N–H and O–H groups in total. The molecule has 0 aliphatic heterocycles. The van der Waals surface area contributed by atoms with E-state index in [0.717, 1.165) is 5.56 Å². The van der Waals surface area contributed by atoms with E-state index in [9.17, 15) is 9.18 Å². The van der Waals surface area contributed by atoms with Gasteiger partial charge in [-0.1, -0.05) is 12.1 Å². The van der Waals surface area contributed by atoms with Gasteiger partial charge in [0.15, 0.2) is 5.69 Å². The second kappa shape index (κ2) is 5.22. The van der Waals surface area contributed by atoms with Crippen molar-refractivity contribution in [3.05, 3.63) is 53.6 Å². The second-order valence-electron chi connectivity index (χ2n) is 3.58. The van der Waals surface area contributed by atoms with E-state index < -0.39 is 5.97 Å². The number of anilines is 1. The van der Waals surface area contributed by atoms with E-state index in [1.54, 1.807) is 12.1 Å². The number of halogens is 1. The first-order valence-electron chi connectivity index (χ1n) is 5.20. The number of aromatic carboxylic acids is 1. The maximum absolute atomic E-state index is 12.7. The van der Waals surface area contributed by atoms with Crippen molar-refractivity contribution >= 4 is 11.7 Å². The molecular weight excluding hydrogens is 237 g/mol. The van der Waals surface area contributed by atoms with E-state index in [1.165, 1.54) is 24.4 Å². The van der Waals surface area contributed by atoms with E-state index >= 15 is 0 Å². The van der Waals surface area contributed by atoms with Crippen LogP contribution >= 0.6 is 0 Å². The molecule has 5 nitrogen and oxygen atoms in total. The van der Waals surface area contributed by atoms with Gasteiger partial charge < -0.3 is 10.4 Å². The van der Waals surface area contributed by atoms with E-state index in [2.05, 4.69) is 15.5 Å². The Hall–Kier alpha value is -2.50. The molecule has 0 amide bonds. The molecule has 1 heterocycles. The maximum Gasteiger partial charge on any atom is 0.358 e. The second-order valence-corrected chi connectivity index (χ2v) is 3.58. The molecule has 0 fully saturated rings. The van der Waals surface area contributed by atoms with Crippen LogP contribution < -0.4 is 5.32 Å². The van der Waals surface area contributed by atoms with Crippen LogP contribution in [0.5, 0.6) is 0 Å². The highest BCUT2D eigenvalue weighted by molar-refractivity contribution is 5.91. The molecule has 0 aliphatic rings. The Morgan fingerprint density at radius 3 is 2.67 bits per heavy atom. The number of carboxylic acid groups (broad SMARTS) is 1. The van der Waals surface area contributed by atoms with Gasteiger partial charge in [-0.25, -0.2) is 9.18 Å². The SMILES string of the molecule is O=C(O)c1nnccc1NCc1ccc(F)cc1.